The monoisotopic (exact) mass is 239 g/mol. The molecule has 0 aromatic rings. The Hall–Kier alpha value is -0.610. The maximum atomic E-state index is 11.2. The van der Waals surface area contributed by atoms with Crippen LogP contribution >= 0.6 is 0 Å². The Labute approximate surface area is 104 Å². The van der Waals surface area contributed by atoms with Crippen molar-refractivity contribution in [3.05, 3.63) is 0 Å². The Kier molecular flexibility index (Phi) is 4.40. The van der Waals surface area contributed by atoms with E-state index in [1.807, 2.05) is 0 Å². The zero-order valence-corrected chi connectivity index (χ0v) is 10.8. The molecular formula is C13H25N3O. The summed E-state index contributed by atoms with van der Waals surface area (Å²) in [7, 11) is 0. The number of likely N-dealkylation sites (tertiary alicyclic amines) is 1. The van der Waals surface area contributed by atoms with Gasteiger partial charge in [0.05, 0.1) is 5.92 Å². The van der Waals surface area contributed by atoms with Crippen molar-refractivity contribution < 1.29 is 4.79 Å². The van der Waals surface area contributed by atoms with Crippen LogP contribution in [0.4, 0.5) is 0 Å². The third-order valence-corrected chi connectivity index (χ3v) is 4.33. The maximum absolute atomic E-state index is 11.2. The minimum atomic E-state index is -0.117. The van der Waals surface area contributed by atoms with E-state index in [4.69, 9.17) is 5.73 Å². The second kappa shape index (κ2) is 5.83. The molecule has 3 N–H and O–H groups in total. The number of rotatable bonds is 4. The largest absolute Gasteiger partial charge is 0.369 e. The molecule has 4 nitrogen and oxygen atoms in total. The number of carbonyl (C=O) groups is 1. The average molecular weight is 239 g/mol. The van der Waals surface area contributed by atoms with Gasteiger partial charge in [-0.1, -0.05) is 6.92 Å². The molecule has 1 saturated heterocycles. The van der Waals surface area contributed by atoms with Crippen molar-refractivity contribution in [1.82, 2.24) is 10.2 Å². The van der Waals surface area contributed by atoms with Crippen molar-refractivity contribution in [1.29, 1.82) is 0 Å². The molecule has 0 aromatic carbocycles. The molecule has 17 heavy (non-hydrogen) atoms. The van der Waals surface area contributed by atoms with Crippen LogP contribution in [0.1, 0.15) is 39.0 Å². The average Bonchev–Trinajstić information content (AvgIpc) is 2.80. The van der Waals surface area contributed by atoms with Crippen LogP contribution < -0.4 is 11.1 Å². The molecule has 4 heteroatoms. The highest BCUT2D eigenvalue weighted by atomic mass is 16.1. The molecule has 2 rings (SSSR count). The van der Waals surface area contributed by atoms with Crippen LogP contribution in [0.25, 0.3) is 0 Å². The fraction of sp³-hybridized carbons (Fsp3) is 0.923. The highest BCUT2D eigenvalue weighted by molar-refractivity contribution is 5.77. The topological polar surface area (TPSA) is 58.4 Å². The van der Waals surface area contributed by atoms with Gasteiger partial charge in [-0.05, 0) is 45.2 Å². The van der Waals surface area contributed by atoms with Gasteiger partial charge in [-0.3, -0.25) is 9.69 Å². The third kappa shape index (κ3) is 3.19. The Balaban J connectivity index is 1.76. The summed E-state index contributed by atoms with van der Waals surface area (Å²) in [5.74, 6) is -0.0182. The summed E-state index contributed by atoms with van der Waals surface area (Å²) in [5, 5.41) is 3.53. The molecular weight excluding hydrogens is 214 g/mol. The quantitative estimate of drug-likeness (QED) is 0.760. The maximum Gasteiger partial charge on any atom is 0.221 e. The zero-order chi connectivity index (χ0) is 12.3. The molecule has 2 aliphatic rings. The lowest BCUT2D eigenvalue weighted by atomic mass is 9.90. The molecule has 1 unspecified atom stereocenters. The van der Waals surface area contributed by atoms with Gasteiger partial charge in [-0.15, -0.1) is 0 Å². The summed E-state index contributed by atoms with van der Waals surface area (Å²) in [6, 6.07) is 1.40. The highest BCUT2D eigenvalue weighted by Crippen LogP contribution is 2.27. The zero-order valence-electron chi connectivity index (χ0n) is 10.8. The van der Waals surface area contributed by atoms with Crippen LogP contribution in [0, 0.1) is 5.92 Å². The molecule has 1 amide bonds. The van der Waals surface area contributed by atoms with Gasteiger partial charge in [0.1, 0.15) is 0 Å². The normalized spacial score (nSPS) is 35.0. The lowest BCUT2D eigenvalue weighted by Crippen LogP contribution is -2.42. The molecule has 0 spiro atoms. The van der Waals surface area contributed by atoms with E-state index in [1.54, 1.807) is 0 Å². The van der Waals surface area contributed by atoms with E-state index in [0.717, 1.165) is 26.1 Å². The van der Waals surface area contributed by atoms with E-state index in [2.05, 4.69) is 17.1 Å². The Morgan fingerprint density at radius 1 is 1.29 bits per heavy atom. The summed E-state index contributed by atoms with van der Waals surface area (Å²) in [5.41, 5.74) is 5.38. The van der Waals surface area contributed by atoms with Crippen molar-refractivity contribution >= 4 is 5.91 Å². The van der Waals surface area contributed by atoms with Gasteiger partial charge in [0.15, 0.2) is 0 Å². The molecule has 2 fully saturated rings. The molecule has 1 aliphatic carbocycles. The predicted molar refractivity (Wildman–Crippen MR) is 68.6 cm³/mol. The number of amides is 1. The Morgan fingerprint density at radius 3 is 2.53 bits per heavy atom. The van der Waals surface area contributed by atoms with Gasteiger partial charge >= 0.3 is 0 Å². The number of carbonyl (C=O) groups excluding carboxylic acids is 1. The van der Waals surface area contributed by atoms with Crippen LogP contribution in [0.3, 0.4) is 0 Å². The minimum Gasteiger partial charge on any atom is -0.369 e. The standard InChI is InChI=1S/C13H25N3O/c1-2-15-11-3-5-12(6-4-11)16-8-7-10(9-16)13(14)17/h10-12,15H,2-9H2,1H3,(H2,14,17). The first kappa shape index (κ1) is 12.8. The fourth-order valence-corrected chi connectivity index (χ4v) is 3.28. The lowest BCUT2D eigenvalue weighted by Gasteiger charge is -2.34. The van der Waals surface area contributed by atoms with Crippen molar-refractivity contribution in [2.24, 2.45) is 11.7 Å². The second-order valence-corrected chi connectivity index (χ2v) is 5.45. The number of nitrogens with one attached hydrogen (secondary N) is 1. The lowest BCUT2D eigenvalue weighted by molar-refractivity contribution is -0.121. The smallest absolute Gasteiger partial charge is 0.221 e. The van der Waals surface area contributed by atoms with Crippen LogP contribution in [-0.4, -0.2) is 42.5 Å². The van der Waals surface area contributed by atoms with Crippen molar-refractivity contribution in [3.63, 3.8) is 0 Å². The van der Waals surface area contributed by atoms with Crippen LogP contribution in [-0.2, 0) is 4.79 Å². The summed E-state index contributed by atoms with van der Waals surface area (Å²) in [4.78, 5) is 13.6. The summed E-state index contributed by atoms with van der Waals surface area (Å²) < 4.78 is 0. The molecule has 0 radical (unpaired) electrons. The number of primary amides is 1. The predicted octanol–water partition coefficient (Wildman–Crippen LogP) is 0.714. The molecule has 1 saturated carbocycles. The van der Waals surface area contributed by atoms with Gasteiger partial charge in [0, 0.05) is 18.6 Å². The second-order valence-electron chi connectivity index (χ2n) is 5.45. The summed E-state index contributed by atoms with van der Waals surface area (Å²) in [6.07, 6.45) is 6.04. The van der Waals surface area contributed by atoms with Crippen molar-refractivity contribution in [2.45, 2.75) is 51.1 Å². The van der Waals surface area contributed by atoms with Crippen LogP contribution in [0.15, 0.2) is 0 Å². The van der Waals surface area contributed by atoms with Gasteiger partial charge < -0.3 is 11.1 Å². The SMILES string of the molecule is CCNC1CCC(N2CCC(C(N)=O)C2)CC1. The number of nitrogens with zero attached hydrogens (tertiary/aromatic N) is 1. The molecule has 1 aliphatic heterocycles. The van der Waals surface area contributed by atoms with Gasteiger partial charge in [-0.2, -0.15) is 0 Å². The van der Waals surface area contributed by atoms with E-state index in [0.29, 0.717) is 12.1 Å². The van der Waals surface area contributed by atoms with Crippen molar-refractivity contribution in [3.8, 4) is 0 Å². The summed E-state index contributed by atoms with van der Waals surface area (Å²) in [6.45, 7) is 5.20. The van der Waals surface area contributed by atoms with Crippen molar-refractivity contribution in [2.75, 3.05) is 19.6 Å². The first-order chi connectivity index (χ1) is 8.20. The fourth-order valence-electron chi connectivity index (χ4n) is 3.28. The molecule has 1 heterocycles. The molecule has 0 bridgehead atoms. The third-order valence-electron chi connectivity index (χ3n) is 4.33. The Bertz CT molecular complexity index is 261. The van der Waals surface area contributed by atoms with E-state index in [-0.39, 0.29) is 11.8 Å². The van der Waals surface area contributed by atoms with E-state index in [9.17, 15) is 4.79 Å². The first-order valence-electron chi connectivity index (χ1n) is 6.97. The first-order valence-corrected chi connectivity index (χ1v) is 6.97. The molecule has 0 aromatic heterocycles. The number of nitrogens with two attached hydrogens (primary N) is 1. The van der Waals surface area contributed by atoms with Gasteiger partial charge in [-0.25, -0.2) is 0 Å². The number of hydrogen-bond donors (Lipinski definition) is 2. The van der Waals surface area contributed by atoms with Crippen LogP contribution in [0.5, 0.6) is 0 Å². The van der Waals surface area contributed by atoms with E-state index < -0.39 is 0 Å². The van der Waals surface area contributed by atoms with Gasteiger partial charge in [0.2, 0.25) is 5.91 Å². The minimum absolute atomic E-state index is 0.0986. The number of hydrogen-bond acceptors (Lipinski definition) is 3. The Morgan fingerprint density at radius 2 is 2.00 bits per heavy atom. The van der Waals surface area contributed by atoms with E-state index in [1.165, 1.54) is 25.7 Å². The molecule has 1 atom stereocenters. The van der Waals surface area contributed by atoms with Crippen LogP contribution in [0.2, 0.25) is 0 Å². The highest BCUT2D eigenvalue weighted by Gasteiger charge is 2.32. The molecule has 98 valence electrons. The van der Waals surface area contributed by atoms with E-state index >= 15 is 0 Å². The van der Waals surface area contributed by atoms with Gasteiger partial charge in [0.25, 0.3) is 0 Å². The summed E-state index contributed by atoms with van der Waals surface area (Å²) >= 11 is 0.